The lowest BCUT2D eigenvalue weighted by Crippen LogP contribution is -2.54. The fourth-order valence-corrected chi connectivity index (χ4v) is 3.10. The standard InChI is InChI=1S/C17H24N2O2/c1-2-21-17(20)16-11-18-9-10-19(16)12-14-5-3-4-6-15(14)13-7-8-13/h3-6,13,16,18H,2,7-12H2,1H3. The summed E-state index contributed by atoms with van der Waals surface area (Å²) >= 11 is 0. The van der Waals surface area contributed by atoms with E-state index in [0.717, 1.165) is 25.6 Å². The fraction of sp³-hybridized carbons (Fsp3) is 0.588. The van der Waals surface area contributed by atoms with Crippen molar-refractivity contribution < 1.29 is 9.53 Å². The molecule has 2 aliphatic rings. The lowest BCUT2D eigenvalue weighted by molar-refractivity contribution is -0.150. The number of nitrogens with one attached hydrogen (secondary N) is 1. The minimum absolute atomic E-state index is 0.103. The molecular formula is C17H24N2O2. The first-order chi connectivity index (χ1) is 10.3. The predicted octanol–water partition coefficient (Wildman–Crippen LogP) is 1.90. The Morgan fingerprint density at radius 2 is 2.19 bits per heavy atom. The molecule has 1 N–H and O–H groups in total. The molecule has 1 aliphatic heterocycles. The lowest BCUT2D eigenvalue weighted by Gasteiger charge is -2.34. The topological polar surface area (TPSA) is 41.6 Å². The number of rotatable bonds is 5. The van der Waals surface area contributed by atoms with Gasteiger partial charge < -0.3 is 10.1 Å². The third kappa shape index (κ3) is 3.44. The Kier molecular flexibility index (Phi) is 4.56. The van der Waals surface area contributed by atoms with E-state index in [2.05, 4.69) is 34.5 Å². The highest BCUT2D eigenvalue weighted by Crippen LogP contribution is 2.41. The van der Waals surface area contributed by atoms with Crippen molar-refractivity contribution in [2.45, 2.75) is 38.3 Å². The van der Waals surface area contributed by atoms with E-state index in [1.54, 1.807) is 0 Å². The maximum absolute atomic E-state index is 12.1. The van der Waals surface area contributed by atoms with Crippen LogP contribution in [0.3, 0.4) is 0 Å². The van der Waals surface area contributed by atoms with Crippen LogP contribution in [0.4, 0.5) is 0 Å². The second-order valence-electron chi connectivity index (χ2n) is 5.92. The Hall–Kier alpha value is -1.39. The first-order valence-electron chi connectivity index (χ1n) is 7.98. The SMILES string of the molecule is CCOC(=O)C1CNCCN1Cc1ccccc1C1CC1. The van der Waals surface area contributed by atoms with Crippen molar-refractivity contribution in [3.63, 3.8) is 0 Å². The third-order valence-electron chi connectivity index (χ3n) is 4.36. The summed E-state index contributed by atoms with van der Waals surface area (Å²) < 4.78 is 5.22. The minimum Gasteiger partial charge on any atom is -0.465 e. The Bertz CT molecular complexity index is 499. The summed E-state index contributed by atoms with van der Waals surface area (Å²) in [6, 6.07) is 8.51. The highest BCUT2D eigenvalue weighted by molar-refractivity contribution is 5.76. The Labute approximate surface area is 126 Å². The third-order valence-corrected chi connectivity index (χ3v) is 4.36. The van der Waals surface area contributed by atoms with E-state index in [1.807, 2.05) is 6.92 Å². The van der Waals surface area contributed by atoms with Crippen LogP contribution < -0.4 is 5.32 Å². The molecule has 0 spiro atoms. The van der Waals surface area contributed by atoms with E-state index >= 15 is 0 Å². The highest BCUT2D eigenvalue weighted by Gasteiger charge is 2.31. The predicted molar refractivity (Wildman–Crippen MR) is 82.1 cm³/mol. The molecule has 1 aromatic carbocycles. The van der Waals surface area contributed by atoms with Gasteiger partial charge in [0.2, 0.25) is 0 Å². The molecule has 1 aromatic rings. The first-order valence-corrected chi connectivity index (χ1v) is 7.98. The molecule has 1 saturated carbocycles. The van der Waals surface area contributed by atoms with Gasteiger partial charge in [-0.15, -0.1) is 0 Å². The van der Waals surface area contributed by atoms with Gasteiger partial charge in [-0.05, 0) is 36.8 Å². The highest BCUT2D eigenvalue weighted by atomic mass is 16.5. The molecule has 1 unspecified atom stereocenters. The molecule has 2 fully saturated rings. The first kappa shape index (κ1) is 14.5. The fourth-order valence-electron chi connectivity index (χ4n) is 3.10. The second-order valence-corrected chi connectivity index (χ2v) is 5.92. The molecule has 3 rings (SSSR count). The summed E-state index contributed by atoms with van der Waals surface area (Å²) in [6.07, 6.45) is 2.61. The summed E-state index contributed by atoms with van der Waals surface area (Å²) in [5.41, 5.74) is 2.84. The van der Waals surface area contributed by atoms with Crippen LogP contribution in [-0.2, 0) is 16.1 Å². The van der Waals surface area contributed by atoms with Crippen molar-refractivity contribution in [2.24, 2.45) is 0 Å². The molecule has 0 amide bonds. The number of benzene rings is 1. The van der Waals surface area contributed by atoms with Crippen LogP contribution in [0.2, 0.25) is 0 Å². The number of nitrogens with zero attached hydrogens (tertiary/aromatic N) is 1. The van der Waals surface area contributed by atoms with E-state index in [9.17, 15) is 4.79 Å². The van der Waals surface area contributed by atoms with Crippen LogP contribution in [0.5, 0.6) is 0 Å². The number of carbonyl (C=O) groups is 1. The van der Waals surface area contributed by atoms with E-state index in [1.165, 1.54) is 24.0 Å². The zero-order valence-electron chi connectivity index (χ0n) is 12.7. The number of hydrogen-bond acceptors (Lipinski definition) is 4. The van der Waals surface area contributed by atoms with Crippen LogP contribution in [0.15, 0.2) is 24.3 Å². The van der Waals surface area contributed by atoms with Gasteiger partial charge in [0, 0.05) is 26.2 Å². The van der Waals surface area contributed by atoms with Gasteiger partial charge in [-0.2, -0.15) is 0 Å². The molecule has 1 saturated heterocycles. The van der Waals surface area contributed by atoms with E-state index in [4.69, 9.17) is 4.74 Å². The second kappa shape index (κ2) is 6.58. The molecule has 4 nitrogen and oxygen atoms in total. The average Bonchev–Trinajstić information content (AvgIpc) is 3.33. The normalized spacial score (nSPS) is 23.0. The molecule has 1 aliphatic carbocycles. The minimum atomic E-state index is -0.161. The summed E-state index contributed by atoms with van der Waals surface area (Å²) in [4.78, 5) is 14.4. The van der Waals surface area contributed by atoms with Gasteiger partial charge >= 0.3 is 5.97 Å². The molecule has 114 valence electrons. The largest absolute Gasteiger partial charge is 0.465 e. The van der Waals surface area contributed by atoms with Gasteiger partial charge in [-0.25, -0.2) is 0 Å². The number of carbonyl (C=O) groups excluding carboxylic acids is 1. The molecule has 1 heterocycles. The molecule has 21 heavy (non-hydrogen) atoms. The Morgan fingerprint density at radius 3 is 2.95 bits per heavy atom. The van der Waals surface area contributed by atoms with Crippen molar-refractivity contribution >= 4 is 5.97 Å². The van der Waals surface area contributed by atoms with Crippen molar-refractivity contribution in [3.8, 4) is 0 Å². The number of piperazine rings is 1. The van der Waals surface area contributed by atoms with Crippen LogP contribution >= 0.6 is 0 Å². The van der Waals surface area contributed by atoms with Gasteiger partial charge in [0.1, 0.15) is 6.04 Å². The van der Waals surface area contributed by atoms with Crippen LogP contribution in [0.25, 0.3) is 0 Å². The quantitative estimate of drug-likeness (QED) is 0.840. The molecule has 0 radical (unpaired) electrons. The molecule has 1 atom stereocenters. The summed E-state index contributed by atoms with van der Waals surface area (Å²) in [5.74, 6) is 0.638. The van der Waals surface area contributed by atoms with Crippen molar-refractivity contribution in [3.05, 3.63) is 35.4 Å². The van der Waals surface area contributed by atoms with Gasteiger partial charge in [-0.3, -0.25) is 9.69 Å². The lowest BCUT2D eigenvalue weighted by atomic mass is 10.0. The monoisotopic (exact) mass is 288 g/mol. The zero-order chi connectivity index (χ0) is 14.7. The zero-order valence-corrected chi connectivity index (χ0v) is 12.7. The molecule has 4 heteroatoms. The van der Waals surface area contributed by atoms with Gasteiger partial charge in [0.15, 0.2) is 0 Å². The summed E-state index contributed by atoms with van der Waals surface area (Å²) in [6.45, 7) is 5.66. The van der Waals surface area contributed by atoms with Gasteiger partial charge in [0.25, 0.3) is 0 Å². The Morgan fingerprint density at radius 1 is 1.38 bits per heavy atom. The molecule has 0 bridgehead atoms. The number of hydrogen-bond donors (Lipinski definition) is 1. The van der Waals surface area contributed by atoms with Crippen LogP contribution in [0, 0.1) is 0 Å². The van der Waals surface area contributed by atoms with Gasteiger partial charge in [-0.1, -0.05) is 24.3 Å². The Balaban J connectivity index is 1.74. The number of ether oxygens (including phenoxy) is 1. The number of esters is 1. The van der Waals surface area contributed by atoms with Gasteiger partial charge in [0.05, 0.1) is 6.61 Å². The van der Waals surface area contributed by atoms with E-state index in [0.29, 0.717) is 13.2 Å². The van der Waals surface area contributed by atoms with E-state index in [-0.39, 0.29) is 12.0 Å². The molecule has 0 aromatic heterocycles. The van der Waals surface area contributed by atoms with Crippen LogP contribution in [-0.4, -0.2) is 43.2 Å². The van der Waals surface area contributed by atoms with Crippen LogP contribution in [0.1, 0.15) is 36.8 Å². The van der Waals surface area contributed by atoms with Crippen molar-refractivity contribution in [1.29, 1.82) is 0 Å². The smallest absolute Gasteiger partial charge is 0.324 e. The van der Waals surface area contributed by atoms with Crippen molar-refractivity contribution in [1.82, 2.24) is 10.2 Å². The average molecular weight is 288 g/mol. The summed E-state index contributed by atoms with van der Waals surface area (Å²) in [5, 5.41) is 3.30. The van der Waals surface area contributed by atoms with Crippen molar-refractivity contribution in [2.75, 3.05) is 26.2 Å². The summed E-state index contributed by atoms with van der Waals surface area (Å²) in [7, 11) is 0. The maximum atomic E-state index is 12.1. The van der Waals surface area contributed by atoms with E-state index < -0.39 is 0 Å². The maximum Gasteiger partial charge on any atom is 0.324 e. The molecular weight excluding hydrogens is 264 g/mol.